The molecule has 3 aromatic heterocycles. The van der Waals surface area contributed by atoms with E-state index >= 15 is 0 Å². The SMILES string of the molecule is c1ccc(COc2ccc3oc(-c4cccnc4)nc3c2)nc1. The maximum Gasteiger partial charge on any atom is 0.228 e. The monoisotopic (exact) mass is 303 g/mol. The van der Waals surface area contributed by atoms with Gasteiger partial charge in [0, 0.05) is 24.7 Å². The summed E-state index contributed by atoms with van der Waals surface area (Å²) in [5.74, 6) is 1.28. The number of rotatable bonds is 4. The highest BCUT2D eigenvalue weighted by Crippen LogP contribution is 2.26. The zero-order chi connectivity index (χ0) is 15.5. The van der Waals surface area contributed by atoms with Crippen molar-refractivity contribution in [3.05, 3.63) is 72.8 Å². The lowest BCUT2D eigenvalue weighted by molar-refractivity contribution is 0.301. The summed E-state index contributed by atoms with van der Waals surface area (Å²) in [6.45, 7) is 0.416. The Balaban J connectivity index is 1.58. The van der Waals surface area contributed by atoms with Crippen molar-refractivity contribution in [2.24, 2.45) is 0 Å². The molecule has 0 aliphatic rings. The topological polar surface area (TPSA) is 61.0 Å². The summed E-state index contributed by atoms with van der Waals surface area (Å²) in [5, 5.41) is 0. The lowest BCUT2D eigenvalue weighted by atomic mass is 10.3. The van der Waals surface area contributed by atoms with E-state index in [1.54, 1.807) is 18.6 Å². The van der Waals surface area contributed by atoms with E-state index in [-0.39, 0.29) is 0 Å². The smallest absolute Gasteiger partial charge is 0.228 e. The number of aromatic nitrogens is 3. The van der Waals surface area contributed by atoms with Gasteiger partial charge in [0.15, 0.2) is 5.58 Å². The lowest BCUT2D eigenvalue weighted by Gasteiger charge is -2.04. The summed E-state index contributed by atoms with van der Waals surface area (Å²) in [6, 6.07) is 15.1. The Morgan fingerprint density at radius 3 is 2.83 bits per heavy atom. The first-order valence-corrected chi connectivity index (χ1v) is 7.22. The van der Waals surface area contributed by atoms with Crippen LogP contribution in [-0.4, -0.2) is 15.0 Å². The van der Waals surface area contributed by atoms with Gasteiger partial charge >= 0.3 is 0 Å². The molecule has 0 bridgehead atoms. The quantitative estimate of drug-likeness (QED) is 0.573. The summed E-state index contributed by atoms with van der Waals surface area (Å²) in [5.41, 5.74) is 3.19. The molecule has 0 aliphatic carbocycles. The molecule has 5 heteroatoms. The van der Waals surface area contributed by atoms with Gasteiger partial charge in [-0.15, -0.1) is 0 Å². The molecule has 5 nitrogen and oxygen atoms in total. The van der Waals surface area contributed by atoms with Crippen LogP contribution in [0.3, 0.4) is 0 Å². The van der Waals surface area contributed by atoms with Crippen LogP contribution in [0.4, 0.5) is 0 Å². The second-order valence-corrected chi connectivity index (χ2v) is 5.00. The molecular weight excluding hydrogens is 290 g/mol. The van der Waals surface area contributed by atoms with E-state index in [4.69, 9.17) is 9.15 Å². The van der Waals surface area contributed by atoms with Crippen molar-refractivity contribution >= 4 is 11.1 Å². The highest BCUT2D eigenvalue weighted by Gasteiger charge is 2.09. The summed E-state index contributed by atoms with van der Waals surface area (Å²) in [4.78, 5) is 12.8. The van der Waals surface area contributed by atoms with Gasteiger partial charge in [0.1, 0.15) is 17.9 Å². The van der Waals surface area contributed by atoms with Gasteiger partial charge in [0.2, 0.25) is 5.89 Å². The predicted molar refractivity (Wildman–Crippen MR) is 85.8 cm³/mol. The summed E-state index contributed by atoms with van der Waals surface area (Å²) >= 11 is 0. The molecule has 0 atom stereocenters. The van der Waals surface area contributed by atoms with Crippen molar-refractivity contribution in [1.29, 1.82) is 0 Å². The fourth-order valence-electron chi connectivity index (χ4n) is 2.25. The summed E-state index contributed by atoms with van der Waals surface area (Å²) in [6.07, 6.45) is 5.19. The molecule has 112 valence electrons. The summed E-state index contributed by atoms with van der Waals surface area (Å²) in [7, 11) is 0. The fourth-order valence-corrected chi connectivity index (χ4v) is 2.25. The number of nitrogens with zero attached hydrogens (tertiary/aromatic N) is 3. The van der Waals surface area contributed by atoms with Crippen molar-refractivity contribution in [1.82, 2.24) is 15.0 Å². The Morgan fingerprint density at radius 1 is 1.00 bits per heavy atom. The van der Waals surface area contributed by atoms with Gasteiger partial charge in [0.25, 0.3) is 0 Å². The minimum Gasteiger partial charge on any atom is -0.487 e. The number of pyridine rings is 2. The van der Waals surface area contributed by atoms with E-state index in [2.05, 4.69) is 15.0 Å². The van der Waals surface area contributed by atoms with Gasteiger partial charge in [-0.2, -0.15) is 0 Å². The van der Waals surface area contributed by atoms with Crippen LogP contribution in [0.25, 0.3) is 22.6 Å². The average Bonchev–Trinajstić information content (AvgIpc) is 3.05. The third kappa shape index (κ3) is 2.89. The molecule has 0 N–H and O–H groups in total. The van der Waals surface area contributed by atoms with Crippen LogP contribution in [-0.2, 0) is 6.61 Å². The molecule has 1 aromatic carbocycles. The minimum absolute atomic E-state index is 0.416. The molecule has 0 aliphatic heterocycles. The van der Waals surface area contributed by atoms with Gasteiger partial charge in [0.05, 0.1) is 11.3 Å². The van der Waals surface area contributed by atoms with Crippen molar-refractivity contribution in [3.63, 3.8) is 0 Å². The average molecular weight is 303 g/mol. The van der Waals surface area contributed by atoms with Crippen molar-refractivity contribution in [2.45, 2.75) is 6.61 Å². The standard InChI is InChI=1S/C18H13N3O2/c1-2-9-20-14(5-1)12-22-15-6-7-17-16(10-15)21-18(23-17)13-4-3-8-19-11-13/h1-11H,12H2. The molecule has 0 fully saturated rings. The van der Waals surface area contributed by atoms with Gasteiger partial charge in [-0.25, -0.2) is 4.98 Å². The number of benzene rings is 1. The zero-order valence-corrected chi connectivity index (χ0v) is 12.2. The molecule has 23 heavy (non-hydrogen) atoms. The number of oxazole rings is 1. The van der Waals surface area contributed by atoms with E-state index in [0.29, 0.717) is 18.1 Å². The molecule has 0 saturated heterocycles. The minimum atomic E-state index is 0.416. The number of ether oxygens (including phenoxy) is 1. The Labute approximate surface area is 132 Å². The molecule has 0 amide bonds. The van der Waals surface area contributed by atoms with E-state index in [1.807, 2.05) is 48.5 Å². The molecular formula is C18H13N3O2. The highest BCUT2D eigenvalue weighted by atomic mass is 16.5. The predicted octanol–water partition coefficient (Wildman–Crippen LogP) is 3.86. The number of hydrogen-bond acceptors (Lipinski definition) is 5. The fraction of sp³-hybridized carbons (Fsp3) is 0.0556. The second kappa shape index (κ2) is 5.88. The van der Waals surface area contributed by atoms with Gasteiger partial charge < -0.3 is 9.15 Å². The Bertz CT molecular complexity index is 921. The molecule has 0 radical (unpaired) electrons. The first-order valence-electron chi connectivity index (χ1n) is 7.22. The van der Waals surface area contributed by atoms with Crippen molar-refractivity contribution in [3.8, 4) is 17.2 Å². The lowest BCUT2D eigenvalue weighted by Crippen LogP contribution is -1.97. The van der Waals surface area contributed by atoms with E-state index in [1.165, 1.54) is 0 Å². The molecule has 0 unspecified atom stereocenters. The third-order valence-corrected chi connectivity index (χ3v) is 3.38. The van der Waals surface area contributed by atoms with Crippen LogP contribution in [0.5, 0.6) is 5.75 Å². The zero-order valence-electron chi connectivity index (χ0n) is 12.2. The Hall–Kier alpha value is -3.21. The molecule has 0 spiro atoms. The third-order valence-electron chi connectivity index (χ3n) is 3.38. The maximum atomic E-state index is 5.76. The van der Waals surface area contributed by atoms with Crippen molar-refractivity contribution < 1.29 is 9.15 Å². The van der Waals surface area contributed by atoms with E-state index in [9.17, 15) is 0 Å². The van der Waals surface area contributed by atoms with E-state index in [0.717, 1.165) is 22.5 Å². The van der Waals surface area contributed by atoms with Gasteiger partial charge in [-0.3, -0.25) is 9.97 Å². The molecule has 0 saturated carbocycles. The van der Waals surface area contributed by atoms with Gasteiger partial charge in [-0.1, -0.05) is 6.07 Å². The van der Waals surface area contributed by atoms with Crippen LogP contribution in [0.1, 0.15) is 5.69 Å². The number of fused-ring (bicyclic) bond motifs is 1. The van der Waals surface area contributed by atoms with Crippen LogP contribution in [0, 0.1) is 0 Å². The molecule has 4 rings (SSSR count). The first-order chi connectivity index (χ1) is 11.4. The highest BCUT2D eigenvalue weighted by molar-refractivity contribution is 5.77. The van der Waals surface area contributed by atoms with E-state index < -0.39 is 0 Å². The number of hydrogen-bond donors (Lipinski definition) is 0. The molecule has 3 heterocycles. The second-order valence-electron chi connectivity index (χ2n) is 5.00. The Kier molecular flexibility index (Phi) is 3.44. The Morgan fingerprint density at radius 2 is 2.00 bits per heavy atom. The molecule has 4 aromatic rings. The largest absolute Gasteiger partial charge is 0.487 e. The van der Waals surface area contributed by atoms with Crippen LogP contribution < -0.4 is 4.74 Å². The normalized spacial score (nSPS) is 10.8. The maximum absolute atomic E-state index is 5.76. The van der Waals surface area contributed by atoms with Gasteiger partial charge in [-0.05, 0) is 36.4 Å². The van der Waals surface area contributed by atoms with Crippen LogP contribution >= 0.6 is 0 Å². The van der Waals surface area contributed by atoms with Crippen LogP contribution in [0.2, 0.25) is 0 Å². The first kappa shape index (κ1) is 13.5. The van der Waals surface area contributed by atoms with Crippen molar-refractivity contribution in [2.75, 3.05) is 0 Å². The van der Waals surface area contributed by atoms with Crippen LogP contribution in [0.15, 0.2) is 71.5 Å². The summed E-state index contributed by atoms with van der Waals surface area (Å²) < 4.78 is 11.5.